The predicted molar refractivity (Wildman–Crippen MR) is 72.4 cm³/mol. The molecule has 0 unspecified atom stereocenters. The van der Waals surface area contributed by atoms with E-state index >= 15 is 0 Å². The first-order valence-corrected chi connectivity index (χ1v) is 7.02. The van der Waals surface area contributed by atoms with Gasteiger partial charge < -0.3 is 0 Å². The fourth-order valence-electron chi connectivity index (χ4n) is 2.77. The minimum Gasteiger partial charge on any atom is -0.299 e. The third-order valence-corrected chi connectivity index (χ3v) is 3.99. The van der Waals surface area contributed by atoms with Crippen LogP contribution in [0.15, 0.2) is 24.3 Å². The van der Waals surface area contributed by atoms with E-state index in [1.165, 1.54) is 19.1 Å². The Morgan fingerprint density at radius 1 is 1.08 bits per heavy atom. The Morgan fingerprint density at radius 2 is 1.62 bits per heavy atom. The Hall–Kier alpha value is -2.06. The number of fused-ring (bicyclic) bond motifs is 1. The highest BCUT2D eigenvalue weighted by Crippen LogP contribution is 2.55. The van der Waals surface area contributed by atoms with Crippen LogP contribution in [-0.4, -0.2) is 29.6 Å². The molecule has 1 heterocycles. The molecule has 2 rings (SSSR count). The molecule has 9 heteroatoms. The summed E-state index contributed by atoms with van der Waals surface area (Å²) in [5, 5.41) is 0. The molecular weight excluding hydrogens is 340 g/mol. The highest BCUT2D eigenvalue weighted by molar-refractivity contribution is 6.07. The lowest BCUT2D eigenvalue weighted by Crippen LogP contribution is -2.68. The van der Waals surface area contributed by atoms with Crippen LogP contribution in [0.5, 0.6) is 0 Å². The summed E-state index contributed by atoms with van der Waals surface area (Å²) < 4.78 is 81.0. The molecule has 0 aromatic heterocycles. The Kier molecular flexibility index (Phi) is 4.41. The lowest BCUT2D eigenvalue weighted by atomic mass is 9.92. The highest BCUT2D eigenvalue weighted by Gasteiger charge is 2.77. The smallest absolute Gasteiger partial charge is 0.299 e. The summed E-state index contributed by atoms with van der Waals surface area (Å²) in [5.74, 6) is -2.25. The highest BCUT2D eigenvalue weighted by atomic mass is 19.4. The normalized spacial score (nSPS) is 16.9. The number of Topliss-reactive ketones (excluding diaryl/α,β-unsaturated/α-hetero) is 1. The van der Waals surface area contributed by atoms with Crippen molar-refractivity contribution >= 4 is 17.4 Å². The maximum atomic E-state index is 13.5. The van der Waals surface area contributed by atoms with Crippen molar-refractivity contribution in [3.8, 4) is 0 Å². The molecule has 0 spiro atoms. The molecule has 1 aliphatic rings. The van der Waals surface area contributed by atoms with E-state index in [1.54, 1.807) is 0 Å². The number of hydrogen-bond donors (Lipinski definition) is 0. The molecule has 0 radical (unpaired) electrons. The molecule has 1 aromatic carbocycles. The molecule has 0 fully saturated rings. The van der Waals surface area contributed by atoms with E-state index in [0.717, 1.165) is 12.1 Å². The van der Waals surface area contributed by atoms with E-state index in [-0.39, 0.29) is 16.9 Å². The zero-order chi connectivity index (χ0) is 18.3. The monoisotopic (exact) mass is 353 g/mol. The topological polar surface area (TPSA) is 37.4 Å². The van der Waals surface area contributed by atoms with Gasteiger partial charge in [-0.25, -0.2) is 0 Å². The third kappa shape index (κ3) is 2.65. The number of carbonyl (C=O) groups is 2. The second kappa shape index (κ2) is 5.78. The second-order valence-electron chi connectivity index (χ2n) is 5.46. The van der Waals surface area contributed by atoms with E-state index in [4.69, 9.17) is 0 Å². The van der Waals surface area contributed by atoms with Crippen LogP contribution in [0, 0.1) is 0 Å². The summed E-state index contributed by atoms with van der Waals surface area (Å²) in [6.45, 7) is 1.37. The number of amides is 1. The molecule has 0 aliphatic carbocycles. The summed E-state index contributed by atoms with van der Waals surface area (Å²) in [4.78, 5) is 23.3. The molecule has 3 nitrogen and oxygen atoms in total. The van der Waals surface area contributed by atoms with Crippen LogP contribution < -0.4 is 4.90 Å². The van der Waals surface area contributed by atoms with Crippen LogP contribution in [-0.2, 0) is 16.0 Å². The number of benzene rings is 1. The second-order valence-corrected chi connectivity index (χ2v) is 5.46. The van der Waals surface area contributed by atoms with Crippen LogP contribution in [0.25, 0.3) is 0 Å². The van der Waals surface area contributed by atoms with Crippen LogP contribution in [0.1, 0.15) is 25.3 Å². The number of hydrogen-bond acceptors (Lipinski definition) is 2. The van der Waals surface area contributed by atoms with Gasteiger partial charge >= 0.3 is 12.4 Å². The fraction of sp³-hybridized carbons (Fsp3) is 0.467. The average Bonchev–Trinajstić information content (AvgIpc) is 2.82. The van der Waals surface area contributed by atoms with Crippen molar-refractivity contribution < 1.29 is 35.9 Å². The maximum absolute atomic E-state index is 13.5. The van der Waals surface area contributed by atoms with Crippen molar-refractivity contribution in [1.29, 1.82) is 0 Å². The molecule has 132 valence electrons. The largest absolute Gasteiger partial charge is 0.421 e. The zero-order valence-corrected chi connectivity index (χ0v) is 12.5. The Labute approximate surface area is 133 Å². The first-order valence-electron chi connectivity index (χ1n) is 7.02. The van der Waals surface area contributed by atoms with E-state index in [2.05, 4.69) is 0 Å². The van der Waals surface area contributed by atoms with Gasteiger partial charge in [0.1, 0.15) is 5.78 Å². The standard InChI is InChI=1S/C15H13F6NO2/c1-2-10(23)7-12(24)22-11-6-4-3-5-9(11)8-13(22,14(16,17)18)15(19,20)21/h3-6H,2,7-8H2,1H3. The first kappa shape index (κ1) is 18.3. The Bertz CT molecular complexity index is 651. The fourth-order valence-corrected chi connectivity index (χ4v) is 2.77. The van der Waals surface area contributed by atoms with E-state index in [1.807, 2.05) is 0 Å². The number of anilines is 1. The number of carbonyl (C=O) groups excluding carboxylic acids is 2. The van der Waals surface area contributed by atoms with Gasteiger partial charge in [0.05, 0.1) is 6.42 Å². The van der Waals surface area contributed by atoms with Crippen molar-refractivity contribution in [2.24, 2.45) is 0 Å². The van der Waals surface area contributed by atoms with Crippen molar-refractivity contribution in [2.45, 2.75) is 44.1 Å². The molecule has 0 bridgehead atoms. The van der Waals surface area contributed by atoms with Crippen molar-refractivity contribution in [3.63, 3.8) is 0 Å². The van der Waals surface area contributed by atoms with Crippen LogP contribution in [0.3, 0.4) is 0 Å². The zero-order valence-electron chi connectivity index (χ0n) is 12.5. The maximum Gasteiger partial charge on any atom is 0.421 e. The van der Waals surface area contributed by atoms with Gasteiger partial charge in [-0.3, -0.25) is 14.5 Å². The van der Waals surface area contributed by atoms with Gasteiger partial charge in [-0.15, -0.1) is 0 Å². The molecule has 0 N–H and O–H groups in total. The van der Waals surface area contributed by atoms with Crippen LogP contribution in [0.2, 0.25) is 0 Å². The lowest BCUT2D eigenvalue weighted by molar-refractivity contribution is -0.293. The van der Waals surface area contributed by atoms with Gasteiger partial charge in [0.25, 0.3) is 0 Å². The molecule has 1 aliphatic heterocycles. The number of alkyl halides is 6. The minimum atomic E-state index is -5.75. The van der Waals surface area contributed by atoms with E-state index in [9.17, 15) is 35.9 Å². The van der Waals surface area contributed by atoms with Crippen LogP contribution in [0.4, 0.5) is 32.0 Å². The van der Waals surface area contributed by atoms with Crippen molar-refractivity contribution in [3.05, 3.63) is 29.8 Å². The van der Waals surface area contributed by atoms with E-state index < -0.39 is 48.1 Å². The van der Waals surface area contributed by atoms with Gasteiger partial charge in [0.15, 0.2) is 0 Å². The molecule has 0 atom stereocenters. The summed E-state index contributed by atoms with van der Waals surface area (Å²) in [7, 11) is 0. The Morgan fingerprint density at radius 3 is 2.12 bits per heavy atom. The molecule has 1 amide bonds. The average molecular weight is 353 g/mol. The minimum absolute atomic E-state index is 0.160. The van der Waals surface area contributed by atoms with Gasteiger partial charge in [-0.1, -0.05) is 25.1 Å². The molecule has 1 aromatic rings. The SMILES string of the molecule is CCC(=O)CC(=O)N1c2ccccc2CC1(C(F)(F)F)C(F)(F)F. The van der Waals surface area contributed by atoms with Crippen LogP contribution >= 0.6 is 0 Å². The molecule has 0 saturated carbocycles. The summed E-state index contributed by atoms with van der Waals surface area (Å²) in [6, 6.07) is 4.66. The van der Waals surface area contributed by atoms with E-state index in [0.29, 0.717) is 0 Å². The first-order chi connectivity index (χ1) is 11.0. The van der Waals surface area contributed by atoms with Crippen molar-refractivity contribution in [1.82, 2.24) is 0 Å². The quantitative estimate of drug-likeness (QED) is 0.612. The predicted octanol–water partition coefficient (Wildman–Crippen LogP) is 3.81. The van der Waals surface area contributed by atoms with Crippen molar-refractivity contribution in [2.75, 3.05) is 4.90 Å². The number of ketones is 1. The summed E-state index contributed by atoms with van der Waals surface area (Å²) >= 11 is 0. The Balaban J connectivity index is 2.66. The number of para-hydroxylation sites is 1. The summed E-state index contributed by atoms with van der Waals surface area (Å²) in [5.41, 5.74) is -5.08. The number of nitrogens with zero attached hydrogens (tertiary/aromatic N) is 1. The molecular formula is C15H13F6NO2. The van der Waals surface area contributed by atoms with Gasteiger partial charge in [0.2, 0.25) is 11.4 Å². The molecule has 0 saturated heterocycles. The lowest BCUT2D eigenvalue weighted by Gasteiger charge is -2.41. The summed E-state index contributed by atoms with van der Waals surface area (Å²) in [6.07, 6.45) is -14.1. The number of halogens is 6. The van der Waals surface area contributed by atoms with Gasteiger partial charge in [-0.05, 0) is 11.6 Å². The van der Waals surface area contributed by atoms with Gasteiger partial charge in [0, 0.05) is 18.5 Å². The third-order valence-electron chi connectivity index (χ3n) is 3.99. The molecule has 24 heavy (non-hydrogen) atoms. The van der Waals surface area contributed by atoms with Gasteiger partial charge in [-0.2, -0.15) is 26.3 Å². The number of rotatable bonds is 3.